The summed E-state index contributed by atoms with van der Waals surface area (Å²) < 4.78 is 0. The van der Waals surface area contributed by atoms with Crippen LogP contribution in [0.1, 0.15) is 44.2 Å². The van der Waals surface area contributed by atoms with Crippen molar-refractivity contribution in [2.75, 3.05) is 59.9 Å². The maximum atomic E-state index is 12.1. The van der Waals surface area contributed by atoms with E-state index in [2.05, 4.69) is 62.7 Å². The molecule has 2 N–H and O–H groups in total. The molecule has 31 heavy (non-hydrogen) atoms. The van der Waals surface area contributed by atoms with Crippen LogP contribution in [0.25, 0.3) is 0 Å². The zero-order chi connectivity index (χ0) is 22.1. The molecule has 2 atom stereocenters. The Morgan fingerprint density at radius 2 is 1.87 bits per heavy atom. The van der Waals surface area contributed by atoms with Crippen molar-refractivity contribution < 1.29 is 4.79 Å². The zero-order valence-corrected chi connectivity index (χ0v) is 19.5. The van der Waals surface area contributed by atoms with Gasteiger partial charge in [-0.1, -0.05) is 37.3 Å². The van der Waals surface area contributed by atoms with Crippen molar-refractivity contribution >= 4 is 11.9 Å². The highest BCUT2D eigenvalue weighted by atomic mass is 16.2. The topological polar surface area (TPSA) is 63.2 Å². The molecule has 2 saturated heterocycles. The second-order valence-corrected chi connectivity index (χ2v) is 8.81. The van der Waals surface area contributed by atoms with Crippen molar-refractivity contribution in [2.45, 2.75) is 44.7 Å². The number of nitrogens with one attached hydrogen (secondary N) is 2. The number of likely N-dealkylation sites (tertiary alicyclic amines) is 2. The number of hydrogen-bond donors (Lipinski definition) is 2. The lowest BCUT2D eigenvalue weighted by molar-refractivity contribution is -0.127. The lowest BCUT2D eigenvalue weighted by Gasteiger charge is -2.29. The Kier molecular flexibility index (Phi) is 9.15. The second kappa shape index (κ2) is 12.1. The maximum absolute atomic E-state index is 12.1. The molecule has 1 aromatic rings. The number of benzene rings is 1. The smallest absolute Gasteiger partial charge is 0.243 e. The third-order valence-corrected chi connectivity index (χ3v) is 6.51. The van der Waals surface area contributed by atoms with Crippen LogP contribution in [-0.2, 0) is 4.79 Å². The molecule has 0 radical (unpaired) electrons. The van der Waals surface area contributed by atoms with E-state index in [1.165, 1.54) is 37.8 Å². The van der Waals surface area contributed by atoms with Gasteiger partial charge in [-0.3, -0.25) is 14.6 Å². The van der Waals surface area contributed by atoms with Crippen molar-refractivity contribution in [3.63, 3.8) is 0 Å². The number of hydrogen-bond acceptors (Lipinski definition) is 4. The lowest BCUT2D eigenvalue weighted by Crippen LogP contribution is -2.47. The number of likely N-dealkylation sites (N-methyl/N-ethyl adjacent to an activating group) is 2. The van der Waals surface area contributed by atoms with Gasteiger partial charge in [-0.05, 0) is 57.4 Å². The van der Waals surface area contributed by atoms with Crippen LogP contribution in [0.15, 0.2) is 35.3 Å². The highest BCUT2D eigenvalue weighted by molar-refractivity contribution is 5.84. The first-order valence-corrected chi connectivity index (χ1v) is 11.8. The monoisotopic (exact) mass is 428 g/mol. The molecule has 0 bridgehead atoms. The fourth-order valence-corrected chi connectivity index (χ4v) is 4.60. The van der Waals surface area contributed by atoms with Crippen LogP contribution in [0.5, 0.6) is 0 Å². The molecule has 2 unspecified atom stereocenters. The van der Waals surface area contributed by atoms with Gasteiger partial charge < -0.3 is 15.5 Å². The molecule has 2 aliphatic heterocycles. The van der Waals surface area contributed by atoms with Crippen molar-refractivity contribution in [1.29, 1.82) is 0 Å². The molecule has 0 spiro atoms. The van der Waals surface area contributed by atoms with Gasteiger partial charge >= 0.3 is 0 Å². The first-order chi connectivity index (χ1) is 15.1. The summed E-state index contributed by atoms with van der Waals surface area (Å²) in [4.78, 5) is 23.4. The molecule has 7 nitrogen and oxygen atoms in total. The summed E-state index contributed by atoms with van der Waals surface area (Å²) in [5.74, 6) is 0.745. The highest BCUT2D eigenvalue weighted by Crippen LogP contribution is 2.24. The van der Waals surface area contributed by atoms with Gasteiger partial charge in [-0.2, -0.15) is 0 Å². The molecule has 3 rings (SSSR count). The van der Waals surface area contributed by atoms with Crippen molar-refractivity contribution in [3.05, 3.63) is 35.9 Å². The van der Waals surface area contributed by atoms with Gasteiger partial charge in [0.1, 0.15) is 6.54 Å². The van der Waals surface area contributed by atoms with E-state index in [4.69, 9.17) is 0 Å². The molecule has 1 amide bonds. The number of carbonyl (C=O) groups is 1. The molecule has 1 aromatic carbocycles. The number of aliphatic imine (C=N–C) groups is 1. The zero-order valence-electron chi connectivity index (χ0n) is 19.5. The molecule has 2 aliphatic rings. The van der Waals surface area contributed by atoms with Crippen LogP contribution < -0.4 is 10.6 Å². The number of rotatable bonds is 9. The van der Waals surface area contributed by atoms with Gasteiger partial charge in [0, 0.05) is 33.2 Å². The van der Waals surface area contributed by atoms with E-state index in [0.717, 1.165) is 38.7 Å². The van der Waals surface area contributed by atoms with E-state index in [0.29, 0.717) is 12.1 Å². The minimum Gasteiger partial charge on any atom is -0.355 e. The summed E-state index contributed by atoms with van der Waals surface area (Å²) in [5, 5.41) is 7.08. The average molecular weight is 429 g/mol. The largest absolute Gasteiger partial charge is 0.355 e. The van der Waals surface area contributed by atoms with Gasteiger partial charge in [0.15, 0.2) is 5.96 Å². The normalized spacial score (nSPS) is 21.3. The van der Waals surface area contributed by atoms with Gasteiger partial charge in [0.2, 0.25) is 5.91 Å². The van der Waals surface area contributed by atoms with Gasteiger partial charge in [0.25, 0.3) is 0 Å². The minimum absolute atomic E-state index is 0.0105. The number of carbonyl (C=O) groups excluding carboxylic acids is 1. The third-order valence-electron chi connectivity index (χ3n) is 6.51. The van der Waals surface area contributed by atoms with Crippen molar-refractivity contribution in [2.24, 2.45) is 4.99 Å². The molecular formula is C24H40N6O. The molecule has 172 valence electrons. The Labute approximate surface area is 187 Å². The van der Waals surface area contributed by atoms with E-state index in [9.17, 15) is 4.79 Å². The summed E-state index contributed by atoms with van der Waals surface area (Å²) in [6.07, 6.45) is 4.98. The Morgan fingerprint density at radius 1 is 1.13 bits per heavy atom. The lowest BCUT2D eigenvalue weighted by atomic mass is 10.1. The fraction of sp³-hybridized carbons (Fsp3) is 0.667. The fourth-order valence-electron chi connectivity index (χ4n) is 4.60. The van der Waals surface area contributed by atoms with Gasteiger partial charge in [0.05, 0.1) is 6.04 Å². The molecule has 0 aromatic heterocycles. The highest BCUT2D eigenvalue weighted by Gasteiger charge is 2.25. The van der Waals surface area contributed by atoms with Gasteiger partial charge in [-0.15, -0.1) is 0 Å². The standard InChI is InChI=1S/C24H40N6O/c1-4-29-16-10-13-21(29)17-25-24(27-19-23(31)28(2)3)26-18-22(30-14-8-9-15-30)20-11-6-5-7-12-20/h5-7,11-12,21-22H,4,8-10,13-19H2,1-3H3,(H2,25,26,27). The first kappa shape index (κ1) is 23.5. The molecular weight excluding hydrogens is 388 g/mol. The van der Waals surface area contributed by atoms with Crippen LogP contribution >= 0.6 is 0 Å². The van der Waals surface area contributed by atoms with E-state index in [1.54, 1.807) is 19.0 Å². The Hall–Kier alpha value is -2.12. The SMILES string of the molecule is CCN1CCCC1CNC(=NCC(=O)N(C)C)NCC(c1ccccc1)N1CCCC1. The predicted octanol–water partition coefficient (Wildman–Crippen LogP) is 1.93. The maximum Gasteiger partial charge on any atom is 0.243 e. The van der Waals surface area contributed by atoms with Crippen LogP contribution in [0.3, 0.4) is 0 Å². The summed E-state index contributed by atoms with van der Waals surface area (Å²) >= 11 is 0. The molecule has 0 saturated carbocycles. The summed E-state index contributed by atoms with van der Waals surface area (Å²) in [6, 6.07) is 11.6. The third kappa shape index (κ3) is 6.94. The van der Waals surface area contributed by atoms with E-state index in [-0.39, 0.29) is 12.5 Å². The first-order valence-electron chi connectivity index (χ1n) is 11.8. The minimum atomic E-state index is 0.0105. The summed E-state index contributed by atoms with van der Waals surface area (Å²) in [7, 11) is 3.55. The average Bonchev–Trinajstić information content (AvgIpc) is 3.47. The summed E-state index contributed by atoms with van der Waals surface area (Å²) in [5.41, 5.74) is 1.33. The number of nitrogens with zero attached hydrogens (tertiary/aromatic N) is 4. The quantitative estimate of drug-likeness (QED) is 0.465. The van der Waals surface area contributed by atoms with Crippen LogP contribution in [0, 0.1) is 0 Å². The number of guanidine groups is 1. The van der Waals surface area contributed by atoms with Crippen molar-refractivity contribution in [1.82, 2.24) is 25.3 Å². The van der Waals surface area contributed by atoms with Crippen LogP contribution in [-0.4, -0.2) is 92.5 Å². The molecule has 2 heterocycles. The van der Waals surface area contributed by atoms with Crippen LogP contribution in [0.2, 0.25) is 0 Å². The molecule has 0 aliphatic carbocycles. The van der Waals surface area contributed by atoms with E-state index < -0.39 is 0 Å². The van der Waals surface area contributed by atoms with Gasteiger partial charge in [-0.25, -0.2) is 4.99 Å². The Bertz CT molecular complexity index is 701. The summed E-state index contributed by atoms with van der Waals surface area (Å²) in [6.45, 7) is 8.53. The van der Waals surface area contributed by atoms with E-state index in [1.807, 2.05) is 0 Å². The molecule has 7 heteroatoms. The predicted molar refractivity (Wildman–Crippen MR) is 127 cm³/mol. The second-order valence-electron chi connectivity index (χ2n) is 8.81. The van der Waals surface area contributed by atoms with Crippen LogP contribution in [0.4, 0.5) is 0 Å². The molecule has 2 fully saturated rings. The number of amides is 1. The van der Waals surface area contributed by atoms with E-state index >= 15 is 0 Å². The van der Waals surface area contributed by atoms with Crippen molar-refractivity contribution in [3.8, 4) is 0 Å². The Morgan fingerprint density at radius 3 is 2.55 bits per heavy atom. The Balaban J connectivity index is 1.66.